The lowest BCUT2D eigenvalue weighted by atomic mass is 9.84. The highest BCUT2D eigenvalue weighted by Crippen LogP contribution is 2.45. The van der Waals surface area contributed by atoms with E-state index in [4.69, 9.17) is 14.6 Å². The van der Waals surface area contributed by atoms with Crippen molar-refractivity contribution in [2.45, 2.75) is 44.4 Å². The van der Waals surface area contributed by atoms with Crippen LogP contribution >= 0.6 is 0 Å². The van der Waals surface area contributed by atoms with Gasteiger partial charge in [-0.05, 0) is 38.5 Å². The quantitative estimate of drug-likeness (QED) is 0.910. The molecule has 0 unspecified atom stereocenters. The molecule has 0 bridgehead atoms. The van der Waals surface area contributed by atoms with Crippen molar-refractivity contribution in [2.75, 3.05) is 19.8 Å². The number of aliphatic hydroxyl groups is 1. The Bertz CT molecular complexity index is 680. The lowest BCUT2D eigenvalue weighted by molar-refractivity contribution is -0.150. The number of nitriles is 1. The van der Waals surface area contributed by atoms with Gasteiger partial charge >= 0.3 is 0 Å². The number of aliphatic hydroxyl groups excluding tert-OH is 1. The number of fused-ring (bicyclic) bond motifs is 1. The molecule has 3 rings (SSSR count). The van der Waals surface area contributed by atoms with E-state index in [-0.39, 0.29) is 25.2 Å². The molecule has 0 aromatic heterocycles. The van der Waals surface area contributed by atoms with E-state index in [1.807, 2.05) is 18.7 Å². The molecule has 128 valence electrons. The second kappa shape index (κ2) is 6.42. The average molecular weight is 330 g/mol. The molecule has 1 aromatic rings. The molecular weight excluding hydrogens is 308 g/mol. The number of rotatable bonds is 4. The first-order valence-corrected chi connectivity index (χ1v) is 8.23. The van der Waals surface area contributed by atoms with E-state index < -0.39 is 11.7 Å². The highest BCUT2D eigenvalue weighted by molar-refractivity contribution is 5.79. The predicted octanol–water partition coefficient (Wildman–Crippen LogP) is 1.77. The lowest BCUT2D eigenvalue weighted by Crippen LogP contribution is -2.55. The van der Waals surface area contributed by atoms with Gasteiger partial charge in [0, 0.05) is 18.5 Å². The predicted molar refractivity (Wildman–Crippen MR) is 86.4 cm³/mol. The van der Waals surface area contributed by atoms with Crippen LogP contribution in [0.15, 0.2) is 18.2 Å². The SMILES string of the molecule is CC1(C)Oc2ccc(C#N)cc2[C@@H](N2CCCC2=O)[C@H]1OCCO. The van der Waals surface area contributed by atoms with Gasteiger partial charge in [-0.15, -0.1) is 0 Å². The summed E-state index contributed by atoms with van der Waals surface area (Å²) in [7, 11) is 0. The molecule has 0 saturated carbocycles. The number of ether oxygens (including phenoxy) is 2. The Kier molecular flexibility index (Phi) is 4.48. The fourth-order valence-corrected chi connectivity index (χ4v) is 3.59. The van der Waals surface area contributed by atoms with E-state index in [9.17, 15) is 10.1 Å². The minimum Gasteiger partial charge on any atom is -0.485 e. The second-order valence-corrected chi connectivity index (χ2v) is 6.72. The fraction of sp³-hybridized carbons (Fsp3) is 0.556. The first-order valence-electron chi connectivity index (χ1n) is 8.23. The molecule has 1 N–H and O–H groups in total. The van der Waals surface area contributed by atoms with Crippen molar-refractivity contribution < 1.29 is 19.4 Å². The second-order valence-electron chi connectivity index (χ2n) is 6.72. The lowest BCUT2D eigenvalue weighted by Gasteiger charge is -2.47. The minimum atomic E-state index is -0.663. The maximum absolute atomic E-state index is 12.4. The van der Waals surface area contributed by atoms with Crippen molar-refractivity contribution in [3.05, 3.63) is 29.3 Å². The smallest absolute Gasteiger partial charge is 0.223 e. The van der Waals surface area contributed by atoms with E-state index in [1.54, 1.807) is 18.2 Å². The van der Waals surface area contributed by atoms with Crippen LogP contribution in [-0.2, 0) is 9.53 Å². The summed E-state index contributed by atoms with van der Waals surface area (Å²) in [6.07, 6.45) is 0.919. The van der Waals surface area contributed by atoms with E-state index in [0.717, 1.165) is 12.0 Å². The molecular formula is C18H22N2O4. The van der Waals surface area contributed by atoms with Crippen molar-refractivity contribution in [3.63, 3.8) is 0 Å². The monoisotopic (exact) mass is 330 g/mol. The largest absolute Gasteiger partial charge is 0.485 e. The number of benzene rings is 1. The van der Waals surface area contributed by atoms with Gasteiger partial charge in [-0.1, -0.05) is 0 Å². The normalized spacial score (nSPS) is 25.1. The zero-order chi connectivity index (χ0) is 17.3. The van der Waals surface area contributed by atoms with Gasteiger partial charge in [0.25, 0.3) is 0 Å². The summed E-state index contributed by atoms with van der Waals surface area (Å²) in [5.74, 6) is 0.760. The third-order valence-electron chi connectivity index (χ3n) is 4.64. The van der Waals surface area contributed by atoms with Gasteiger partial charge in [-0.2, -0.15) is 5.26 Å². The van der Waals surface area contributed by atoms with Gasteiger partial charge in [0.15, 0.2) is 0 Å². The molecule has 1 aromatic carbocycles. The van der Waals surface area contributed by atoms with Crippen LogP contribution in [0, 0.1) is 11.3 Å². The number of nitrogens with zero attached hydrogens (tertiary/aromatic N) is 2. The zero-order valence-corrected chi connectivity index (χ0v) is 14.0. The molecule has 1 amide bonds. The van der Waals surface area contributed by atoms with Crippen LogP contribution < -0.4 is 4.74 Å². The van der Waals surface area contributed by atoms with Gasteiger partial charge in [0.1, 0.15) is 17.5 Å². The van der Waals surface area contributed by atoms with Crippen LogP contribution in [0.25, 0.3) is 0 Å². The van der Waals surface area contributed by atoms with Crippen molar-refractivity contribution >= 4 is 5.91 Å². The Morgan fingerprint density at radius 2 is 2.29 bits per heavy atom. The third-order valence-corrected chi connectivity index (χ3v) is 4.64. The summed E-state index contributed by atoms with van der Waals surface area (Å²) in [6.45, 7) is 4.57. The Balaban J connectivity index is 2.10. The molecule has 2 heterocycles. The van der Waals surface area contributed by atoms with E-state index in [0.29, 0.717) is 24.3 Å². The molecule has 0 aliphatic carbocycles. The van der Waals surface area contributed by atoms with E-state index in [2.05, 4.69) is 6.07 Å². The summed E-state index contributed by atoms with van der Waals surface area (Å²) < 4.78 is 12.0. The molecule has 2 atom stereocenters. The van der Waals surface area contributed by atoms with E-state index >= 15 is 0 Å². The van der Waals surface area contributed by atoms with Crippen LogP contribution in [0.5, 0.6) is 5.75 Å². The number of carbonyl (C=O) groups excluding carboxylic acids is 1. The Morgan fingerprint density at radius 3 is 2.92 bits per heavy atom. The zero-order valence-electron chi connectivity index (χ0n) is 14.0. The highest BCUT2D eigenvalue weighted by atomic mass is 16.6. The molecule has 6 heteroatoms. The highest BCUT2D eigenvalue weighted by Gasteiger charge is 2.49. The Hall–Kier alpha value is -2.10. The van der Waals surface area contributed by atoms with Gasteiger partial charge < -0.3 is 19.5 Å². The summed E-state index contributed by atoms with van der Waals surface area (Å²) in [5.41, 5.74) is 0.658. The fourth-order valence-electron chi connectivity index (χ4n) is 3.59. The molecule has 0 spiro atoms. The standard InChI is InChI=1S/C18H22N2O4/c1-18(2)17(23-9-8-21)16(20-7-3-4-15(20)22)13-10-12(11-19)5-6-14(13)24-18/h5-6,10,16-17,21H,3-4,7-9H2,1-2H3/t16-,17-/m1/s1. The van der Waals surface area contributed by atoms with Crippen molar-refractivity contribution in [1.29, 1.82) is 5.26 Å². The van der Waals surface area contributed by atoms with Crippen molar-refractivity contribution in [1.82, 2.24) is 4.90 Å². The van der Waals surface area contributed by atoms with Crippen LogP contribution in [0.1, 0.15) is 43.9 Å². The summed E-state index contributed by atoms with van der Waals surface area (Å²) >= 11 is 0. The average Bonchev–Trinajstić information content (AvgIpc) is 2.97. The van der Waals surface area contributed by atoms with Crippen molar-refractivity contribution in [2.24, 2.45) is 0 Å². The third kappa shape index (κ3) is 2.85. The Labute approximate surface area is 141 Å². The molecule has 1 fully saturated rings. The van der Waals surface area contributed by atoms with Gasteiger partial charge in [-0.25, -0.2) is 0 Å². The first-order chi connectivity index (χ1) is 11.5. The molecule has 1 saturated heterocycles. The van der Waals surface area contributed by atoms with E-state index in [1.165, 1.54) is 0 Å². The summed E-state index contributed by atoms with van der Waals surface area (Å²) in [4.78, 5) is 14.2. The van der Waals surface area contributed by atoms with Gasteiger partial charge in [0.05, 0.1) is 30.9 Å². The van der Waals surface area contributed by atoms with Crippen molar-refractivity contribution in [3.8, 4) is 11.8 Å². The molecule has 6 nitrogen and oxygen atoms in total. The maximum Gasteiger partial charge on any atom is 0.223 e. The maximum atomic E-state index is 12.4. The molecule has 0 radical (unpaired) electrons. The minimum absolute atomic E-state index is 0.0867. The van der Waals surface area contributed by atoms with Gasteiger partial charge in [-0.3, -0.25) is 4.79 Å². The first kappa shape index (κ1) is 16.7. The van der Waals surface area contributed by atoms with Gasteiger partial charge in [0.2, 0.25) is 5.91 Å². The van der Waals surface area contributed by atoms with Crippen LogP contribution in [0.3, 0.4) is 0 Å². The van der Waals surface area contributed by atoms with Crippen LogP contribution in [0.2, 0.25) is 0 Å². The van der Waals surface area contributed by atoms with Crippen LogP contribution in [-0.4, -0.2) is 47.4 Å². The number of hydrogen-bond donors (Lipinski definition) is 1. The number of hydrogen-bond acceptors (Lipinski definition) is 5. The summed E-state index contributed by atoms with van der Waals surface area (Å²) in [5, 5.41) is 18.4. The van der Waals surface area contributed by atoms with Crippen LogP contribution in [0.4, 0.5) is 0 Å². The molecule has 2 aliphatic heterocycles. The number of amides is 1. The topological polar surface area (TPSA) is 82.8 Å². The molecule has 2 aliphatic rings. The Morgan fingerprint density at radius 1 is 1.50 bits per heavy atom. The molecule has 24 heavy (non-hydrogen) atoms. The number of carbonyl (C=O) groups is 1. The summed E-state index contributed by atoms with van der Waals surface area (Å²) in [6, 6.07) is 7.09. The number of likely N-dealkylation sites (tertiary alicyclic amines) is 1.